The first kappa shape index (κ1) is 21.5. The lowest BCUT2D eigenvalue weighted by molar-refractivity contribution is 0.392. The minimum atomic E-state index is -3.94. The first-order valence-corrected chi connectivity index (χ1v) is 11.0. The zero-order chi connectivity index (χ0) is 22.9. The fraction of sp³-hybridized carbons (Fsp3) is 0.190. The van der Waals surface area contributed by atoms with Gasteiger partial charge in [0.05, 0.1) is 25.6 Å². The summed E-state index contributed by atoms with van der Waals surface area (Å²) in [5.41, 5.74) is 1.44. The predicted octanol–water partition coefficient (Wildman–Crippen LogP) is 2.58. The molecule has 0 spiro atoms. The minimum absolute atomic E-state index is 0.0160. The van der Waals surface area contributed by atoms with Crippen molar-refractivity contribution in [1.82, 2.24) is 19.7 Å². The second-order valence-corrected chi connectivity index (χ2v) is 8.65. The molecule has 0 amide bonds. The summed E-state index contributed by atoms with van der Waals surface area (Å²) in [6, 6.07) is 10.8. The van der Waals surface area contributed by atoms with Gasteiger partial charge in [-0.1, -0.05) is 5.16 Å². The molecule has 3 aromatic heterocycles. The highest BCUT2D eigenvalue weighted by molar-refractivity contribution is 7.89. The smallest absolute Gasteiger partial charge is 0.271 e. The van der Waals surface area contributed by atoms with E-state index < -0.39 is 10.0 Å². The normalized spacial score (nSPS) is 11.6. The van der Waals surface area contributed by atoms with Gasteiger partial charge in [0, 0.05) is 11.6 Å². The summed E-state index contributed by atoms with van der Waals surface area (Å²) in [5.74, 6) is 1.08. The molecule has 0 bridgehead atoms. The van der Waals surface area contributed by atoms with Gasteiger partial charge in [-0.2, -0.15) is 9.78 Å². The van der Waals surface area contributed by atoms with Gasteiger partial charge in [0.15, 0.2) is 5.76 Å². The lowest BCUT2D eigenvalue weighted by Gasteiger charge is -2.12. The van der Waals surface area contributed by atoms with E-state index in [2.05, 4.69) is 15.0 Å². The summed E-state index contributed by atoms with van der Waals surface area (Å²) in [7, 11) is -2.56. The third-order valence-corrected chi connectivity index (χ3v) is 6.20. The van der Waals surface area contributed by atoms with Gasteiger partial charge in [-0.3, -0.25) is 4.79 Å². The van der Waals surface area contributed by atoms with Crippen LogP contribution in [0.3, 0.4) is 0 Å². The molecule has 4 rings (SSSR count). The van der Waals surface area contributed by atoms with Crippen molar-refractivity contribution in [3.8, 4) is 22.7 Å². The van der Waals surface area contributed by atoms with E-state index in [1.54, 1.807) is 32.0 Å². The fourth-order valence-electron chi connectivity index (χ4n) is 3.21. The molecule has 11 heteroatoms. The number of hydrogen-bond acceptors (Lipinski definition) is 8. The average molecular weight is 456 g/mol. The van der Waals surface area contributed by atoms with E-state index in [0.29, 0.717) is 34.2 Å². The van der Waals surface area contributed by atoms with Crippen LogP contribution in [0.4, 0.5) is 0 Å². The molecule has 32 heavy (non-hydrogen) atoms. The Morgan fingerprint density at radius 3 is 2.62 bits per heavy atom. The molecule has 0 aliphatic heterocycles. The van der Waals surface area contributed by atoms with Gasteiger partial charge in [-0.15, -0.1) is 0 Å². The zero-order valence-electron chi connectivity index (χ0n) is 17.5. The van der Waals surface area contributed by atoms with Crippen LogP contribution in [0.1, 0.15) is 17.2 Å². The molecule has 0 atom stereocenters. The van der Waals surface area contributed by atoms with Crippen molar-refractivity contribution in [2.24, 2.45) is 0 Å². The first-order valence-electron chi connectivity index (χ1n) is 9.54. The largest absolute Gasteiger partial charge is 0.495 e. The number of nitrogens with zero attached hydrogens (tertiary/aromatic N) is 3. The van der Waals surface area contributed by atoms with E-state index >= 15 is 0 Å². The summed E-state index contributed by atoms with van der Waals surface area (Å²) < 4.78 is 45.2. The molecule has 3 heterocycles. The minimum Gasteiger partial charge on any atom is -0.495 e. The average Bonchev–Trinajstić information content (AvgIpc) is 3.42. The van der Waals surface area contributed by atoms with Crippen LogP contribution in [0, 0.1) is 13.8 Å². The highest BCUT2D eigenvalue weighted by atomic mass is 32.2. The highest BCUT2D eigenvalue weighted by Gasteiger charge is 2.22. The van der Waals surface area contributed by atoms with Crippen molar-refractivity contribution in [3.63, 3.8) is 0 Å². The maximum Gasteiger partial charge on any atom is 0.271 e. The maximum absolute atomic E-state index is 13.0. The number of aryl methyl sites for hydroxylation is 2. The summed E-state index contributed by atoms with van der Waals surface area (Å²) >= 11 is 0. The van der Waals surface area contributed by atoms with Crippen LogP contribution in [0.15, 0.2) is 67.4 Å². The number of aromatic nitrogens is 3. The van der Waals surface area contributed by atoms with Crippen LogP contribution in [0.5, 0.6) is 5.75 Å². The van der Waals surface area contributed by atoms with Gasteiger partial charge < -0.3 is 13.7 Å². The second kappa shape index (κ2) is 8.44. The summed E-state index contributed by atoms with van der Waals surface area (Å²) in [6.07, 6.45) is 1.46. The van der Waals surface area contributed by atoms with Crippen molar-refractivity contribution in [3.05, 3.63) is 76.3 Å². The summed E-state index contributed by atoms with van der Waals surface area (Å²) in [4.78, 5) is 12.4. The van der Waals surface area contributed by atoms with Gasteiger partial charge in [-0.05, 0) is 50.2 Å². The Kier molecular flexibility index (Phi) is 5.68. The number of benzene rings is 1. The van der Waals surface area contributed by atoms with Crippen LogP contribution < -0.4 is 15.0 Å². The predicted molar refractivity (Wildman–Crippen MR) is 114 cm³/mol. The van der Waals surface area contributed by atoms with Crippen molar-refractivity contribution in [2.75, 3.05) is 7.11 Å². The van der Waals surface area contributed by atoms with Crippen molar-refractivity contribution < 1.29 is 22.1 Å². The molecule has 0 saturated heterocycles. The number of furan rings is 1. The summed E-state index contributed by atoms with van der Waals surface area (Å²) in [6.45, 7) is 3.37. The van der Waals surface area contributed by atoms with Crippen LogP contribution in [0.25, 0.3) is 16.9 Å². The van der Waals surface area contributed by atoms with Crippen molar-refractivity contribution in [2.45, 2.75) is 25.3 Å². The lowest BCUT2D eigenvalue weighted by atomic mass is 10.1. The molecule has 0 saturated carbocycles. The van der Waals surface area contributed by atoms with Gasteiger partial charge in [0.1, 0.15) is 27.8 Å². The topological polar surface area (TPSA) is 129 Å². The molecule has 1 aromatic carbocycles. The third kappa shape index (κ3) is 4.07. The van der Waals surface area contributed by atoms with Crippen LogP contribution >= 0.6 is 0 Å². The van der Waals surface area contributed by atoms with E-state index in [1.807, 2.05) is 0 Å². The SMILES string of the molecule is COc1ccc(-c2ccc(=O)n(-c3c(C)noc3C)n2)cc1S(=O)(=O)NCc1ccco1. The molecule has 0 aliphatic carbocycles. The summed E-state index contributed by atoms with van der Waals surface area (Å²) in [5, 5.41) is 8.27. The molecule has 0 radical (unpaired) electrons. The Bertz CT molecular complexity index is 1400. The molecule has 10 nitrogen and oxygen atoms in total. The van der Waals surface area contributed by atoms with Gasteiger partial charge >= 0.3 is 0 Å². The fourth-order valence-corrected chi connectivity index (χ4v) is 4.40. The molecule has 1 N–H and O–H groups in total. The Morgan fingerprint density at radius 2 is 1.97 bits per heavy atom. The van der Waals surface area contributed by atoms with Gasteiger partial charge in [0.2, 0.25) is 10.0 Å². The van der Waals surface area contributed by atoms with Crippen LogP contribution in [-0.2, 0) is 16.6 Å². The number of methoxy groups -OCH3 is 1. The van der Waals surface area contributed by atoms with E-state index in [-0.39, 0.29) is 22.7 Å². The number of sulfonamides is 1. The Labute approximate surface area is 183 Å². The standard InChI is InChI=1S/C21H20N4O6S/c1-13-21(14(2)31-24-13)25-20(26)9-7-17(23-25)15-6-8-18(29-3)19(11-15)32(27,28)22-12-16-5-4-10-30-16/h4-11,22H,12H2,1-3H3. The highest BCUT2D eigenvalue weighted by Crippen LogP contribution is 2.29. The first-order chi connectivity index (χ1) is 15.3. The molecular formula is C21H20N4O6S. The number of rotatable bonds is 7. The third-order valence-electron chi connectivity index (χ3n) is 4.77. The molecule has 4 aromatic rings. The van der Waals surface area contributed by atoms with E-state index in [1.165, 1.54) is 42.3 Å². The van der Waals surface area contributed by atoms with Crippen molar-refractivity contribution in [1.29, 1.82) is 0 Å². The maximum atomic E-state index is 13.0. The molecular weight excluding hydrogens is 436 g/mol. The number of ether oxygens (including phenoxy) is 1. The van der Waals surface area contributed by atoms with Crippen molar-refractivity contribution >= 4 is 10.0 Å². The Hall–Kier alpha value is -3.70. The second-order valence-electron chi connectivity index (χ2n) is 6.91. The van der Waals surface area contributed by atoms with Gasteiger partial charge in [0.25, 0.3) is 5.56 Å². The van der Waals surface area contributed by atoms with Crippen LogP contribution in [0.2, 0.25) is 0 Å². The molecule has 0 unspecified atom stereocenters. The Balaban J connectivity index is 1.76. The van der Waals surface area contributed by atoms with E-state index in [9.17, 15) is 13.2 Å². The van der Waals surface area contributed by atoms with E-state index in [0.717, 1.165) is 0 Å². The lowest BCUT2D eigenvalue weighted by Crippen LogP contribution is -2.24. The Morgan fingerprint density at radius 1 is 1.16 bits per heavy atom. The molecule has 166 valence electrons. The monoisotopic (exact) mass is 456 g/mol. The number of nitrogens with one attached hydrogen (secondary N) is 1. The zero-order valence-corrected chi connectivity index (χ0v) is 18.3. The van der Waals surface area contributed by atoms with E-state index in [4.69, 9.17) is 13.7 Å². The molecule has 0 fully saturated rings. The quantitative estimate of drug-likeness (QED) is 0.449. The van der Waals surface area contributed by atoms with Crippen LogP contribution in [-0.4, -0.2) is 30.5 Å². The number of hydrogen-bond donors (Lipinski definition) is 1. The van der Waals surface area contributed by atoms with Gasteiger partial charge in [-0.25, -0.2) is 13.1 Å². The molecule has 0 aliphatic rings.